The van der Waals surface area contributed by atoms with Crippen molar-refractivity contribution in [2.75, 3.05) is 12.3 Å². The van der Waals surface area contributed by atoms with E-state index in [1.54, 1.807) is 30.5 Å². The Morgan fingerprint density at radius 2 is 2.13 bits per heavy atom. The number of nitrogen functional groups attached to an aromatic ring is 1. The van der Waals surface area contributed by atoms with Gasteiger partial charge >= 0.3 is 0 Å². The molecule has 3 aromatic heterocycles. The molecule has 0 radical (unpaired) electrons. The number of carbonyl (C=O) groups is 1. The van der Waals surface area contributed by atoms with E-state index in [2.05, 4.69) is 35.8 Å². The molecule has 12 heteroatoms. The number of hydrazone groups is 1. The van der Waals surface area contributed by atoms with Gasteiger partial charge in [0.1, 0.15) is 11.4 Å². The minimum atomic E-state index is -0.546. The number of anilines is 1. The van der Waals surface area contributed by atoms with E-state index in [-0.39, 0.29) is 17.3 Å². The van der Waals surface area contributed by atoms with Crippen molar-refractivity contribution >= 4 is 29.3 Å². The summed E-state index contributed by atoms with van der Waals surface area (Å²) in [6.07, 6.45) is 1.58. The summed E-state index contributed by atoms with van der Waals surface area (Å²) >= 11 is 1.52. The van der Waals surface area contributed by atoms with Crippen molar-refractivity contribution in [1.82, 2.24) is 30.7 Å². The Hall–Kier alpha value is -4.06. The molecule has 0 fully saturated rings. The molecule has 4 rings (SSSR count). The molecule has 0 unspecified atom stereocenters. The Balaban J connectivity index is 1.69. The minimum Gasteiger partial charge on any atom is -0.494 e. The lowest BCUT2D eigenvalue weighted by atomic mass is 10.1. The molecule has 3 heterocycles. The van der Waals surface area contributed by atoms with E-state index in [4.69, 9.17) is 10.5 Å². The molecule has 0 aliphatic rings. The van der Waals surface area contributed by atoms with Gasteiger partial charge in [-0.3, -0.25) is 4.79 Å². The minimum absolute atomic E-state index is 0.00948. The third kappa shape index (κ3) is 4.14. The van der Waals surface area contributed by atoms with Crippen molar-refractivity contribution in [2.45, 2.75) is 13.8 Å². The standard InChI is InChI=1S/C19H18N8O3S/c1-3-29-13-6-4-12(5-7-13)16-15(22-26-27(16)18-17(20)24-30-25-18)19(28)23-21-10-14-11(2)8-9-31-14/h4-10H,3H2,1-2H3,(H2,20,24)(H,23,28)/b21-10+. The third-order valence-corrected chi connectivity index (χ3v) is 5.22. The van der Waals surface area contributed by atoms with Crippen molar-refractivity contribution in [3.05, 3.63) is 51.8 Å². The molecule has 0 atom stereocenters. The molecule has 0 aliphatic carbocycles. The number of aromatic nitrogens is 5. The van der Waals surface area contributed by atoms with Crippen molar-refractivity contribution in [1.29, 1.82) is 0 Å². The predicted molar refractivity (Wildman–Crippen MR) is 114 cm³/mol. The zero-order valence-electron chi connectivity index (χ0n) is 16.6. The van der Waals surface area contributed by atoms with Gasteiger partial charge in [0.25, 0.3) is 5.91 Å². The van der Waals surface area contributed by atoms with E-state index >= 15 is 0 Å². The summed E-state index contributed by atoms with van der Waals surface area (Å²) in [6.45, 7) is 4.40. The van der Waals surface area contributed by atoms with Gasteiger partial charge in [-0.25, -0.2) is 10.1 Å². The Bertz CT molecular complexity index is 1230. The number of nitrogens with two attached hydrogens (primary N) is 1. The maximum absolute atomic E-state index is 12.8. The Morgan fingerprint density at radius 1 is 1.32 bits per heavy atom. The van der Waals surface area contributed by atoms with E-state index in [9.17, 15) is 4.79 Å². The summed E-state index contributed by atoms with van der Waals surface area (Å²) in [5.41, 5.74) is 10.4. The second kappa shape index (κ2) is 8.75. The topological polar surface area (TPSA) is 146 Å². The van der Waals surface area contributed by atoms with Crippen LogP contribution in [0.5, 0.6) is 5.75 Å². The lowest BCUT2D eigenvalue weighted by Crippen LogP contribution is -2.19. The highest BCUT2D eigenvalue weighted by Crippen LogP contribution is 2.28. The summed E-state index contributed by atoms with van der Waals surface area (Å²) < 4.78 is 11.5. The van der Waals surface area contributed by atoms with Crippen LogP contribution in [0.2, 0.25) is 0 Å². The first-order valence-electron chi connectivity index (χ1n) is 9.23. The van der Waals surface area contributed by atoms with Crippen LogP contribution in [0.4, 0.5) is 5.82 Å². The molecule has 31 heavy (non-hydrogen) atoms. The second-order valence-electron chi connectivity index (χ2n) is 6.30. The van der Waals surface area contributed by atoms with Crippen LogP contribution in [0.1, 0.15) is 27.9 Å². The van der Waals surface area contributed by atoms with Crippen LogP contribution >= 0.6 is 11.3 Å². The SMILES string of the molecule is CCOc1ccc(-c2c(C(=O)N/N=C/c3sccc3C)nnn2-c2nonc2N)cc1. The largest absolute Gasteiger partial charge is 0.494 e. The maximum atomic E-state index is 12.8. The first kappa shape index (κ1) is 20.2. The van der Waals surface area contributed by atoms with Crippen LogP contribution in [0, 0.1) is 6.92 Å². The maximum Gasteiger partial charge on any atom is 0.294 e. The number of hydrogen-bond acceptors (Lipinski definition) is 10. The summed E-state index contributed by atoms with van der Waals surface area (Å²) in [7, 11) is 0. The quantitative estimate of drug-likeness (QED) is 0.330. The van der Waals surface area contributed by atoms with Crippen LogP contribution in [-0.4, -0.2) is 44.0 Å². The Kier molecular flexibility index (Phi) is 5.71. The molecule has 1 aromatic carbocycles. The van der Waals surface area contributed by atoms with E-state index < -0.39 is 5.91 Å². The number of aryl methyl sites for hydroxylation is 1. The fourth-order valence-electron chi connectivity index (χ4n) is 2.77. The fourth-order valence-corrected chi connectivity index (χ4v) is 3.56. The monoisotopic (exact) mass is 438 g/mol. The summed E-state index contributed by atoms with van der Waals surface area (Å²) in [4.78, 5) is 13.8. The first-order chi connectivity index (χ1) is 15.1. The highest BCUT2D eigenvalue weighted by atomic mass is 32.1. The van der Waals surface area contributed by atoms with E-state index in [0.717, 1.165) is 10.4 Å². The average Bonchev–Trinajstić information content (AvgIpc) is 3.49. The Labute approximate surface area is 180 Å². The molecule has 11 nitrogen and oxygen atoms in total. The molecule has 1 amide bonds. The van der Waals surface area contributed by atoms with Gasteiger partial charge < -0.3 is 10.5 Å². The van der Waals surface area contributed by atoms with Crippen LogP contribution in [0.3, 0.4) is 0 Å². The molecule has 0 aliphatic heterocycles. The highest BCUT2D eigenvalue weighted by Gasteiger charge is 2.25. The Morgan fingerprint density at radius 3 is 2.77 bits per heavy atom. The zero-order chi connectivity index (χ0) is 21.8. The number of benzene rings is 1. The van der Waals surface area contributed by atoms with Gasteiger partial charge in [-0.1, -0.05) is 5.21 Å². The molecule has 0 spiro atoms. The number of amides is 1. The molecular weight excluding hydrogens is 420 g/mol. The smallest absolute Gasteiger partial charge is 0.294 e. The number of nitrogens with zero attached hydrogens (tertiary/aromatic N) is 6. The van der Waals surface area contributed by atoms with E-state index in [0.29, 0.717) is 23.6 Å². The fraction of sp³-hybridized carbons (Fsp3) is 0.158. The molecule has 3 N–H and O–H groups in total. The normalized spacial score (nSPS) is 11.2. The van der Waals surface area contributed by atoms with E-state index in [1.165, 1.54) is 16.0 Å². The molecule has 4 aromatic rings. The number of carbonyl (C=O) groups excluding carboxylic acids is 1. The van der Waals surface area contributed by atoms with Crippen LogP contribution in [0.15, 0.2) is 45.4 Å². The molecule has 158 valence electrons. The molecule has 0 bridgehead atoms. The van der Waals surface area contributed by atoms with E-state index in [1.807, 2.05) is 25.3 Å². The summed E-state index contributed by atoms with van der Waals surface area (Å²) in [5.74, 6) is 0.272. The van der Waals surface area contributed by atoms with Crippen LogP contribution in [-0.2, 0) is 0 Å². The lowest BCUT2D eigenvalue weighted by molar-refractivity contribution is 0.0950. The number of hydrogen-bond donors (Lipinski definition) is 2. The van der Waals surface area contributed by atoms with Crippen LogP contribution < -0.4 is 15.9 Å². The molecular formula is C19H18N8O3S. The third-order valence-electron chi connectivity index (χ3n) is 4.27. The molecule has 0 saturated heterocycles. The van der Waals surface area contributed by atoms with Gasteiger partial charge in [-0.2, -0.15) is 9.78 Å². The average molecular weight is 438 g/mol. The summed E-state index contributed by atoms with van der Waals surface area (Å²) in [5, 5.41) is 21.4. The molecule has 0 saturated carbocycles. The predicted octanol–water partition coefficient (Wildman–Crippen LogP) is 2.43. The van der Waals surface area contributed by atoms with Crippen molar-refractivity contribution in [2.24, 2.45) is 5.10 Å². The first-order valence-corrected chi connectivity index (χ1v) is 10.1. The number of thiophene rings is 1. The van der Waals surface area contributed by atoms with Gasteiger partial charge in [0.15, 0.2) is 5.69 Å². The van der Waals surface area contributed by atoms with Gasteiger partial charge in [0.05, 0.1) is 12.8 Å². The van der Waals surface area contributed by atoms with Crippen molar-refractivity contribution < 1.29 is 14.2 Å². The number of ether oxygens (including phenoxy) is 1. The lowest BCUT2D eigenvalue weighted by Gasteiger charge is -2.07. The van der Waals surface area contributed by atoms with Gasteiger partial charge in [-0.05, 0) is 65.4 Å². The van der Waals surface area contributed by atoms with Crippen LogP contribution in [0.25, 0.3) is 17.1 Å². The second-order valence-corrected chi connectivity index (χ2v) is 7.24. The van der Waals surface area contributed by atoms with Gasteiger partial charge in [0, 0.05) is 10.4 Å². The van der Waals surface area contributed by atoms with Crippen molar-refractivity contribution in [3.8, 4) is 22.8 Å². The highest BCUT2D eigenvalue weighted by molar-refractivity contribution is 7.11. The summed E-state index contributed by atoms with van der Waals surface area (Å²) in [6, 6.07) is 9.08. The number of rotatable bonds is 7. The zero-order valence-corrected chi connectivity index (χ0v) is 17.5. The van der Waals surface area contributed by atoms with Gasteiger partial charge in [-0.15, -0.1) is 16.4 Å². The van der Waals surface area contributed by atoms with Crippen molar-refractivity contribution in [3.63, 3.8) is 0 Å². The number of nitrogens with one attached hydrogen (secondary N) is 1. The van der Waals surface area contributed by atoms with Gasteiger partial charge in [0.2, 0.25) is 11.6 Å².